The molecular formula is C23H26ClN2O5+. The summed E-state index contributed by atoms with van der Waals surface area (Å²) in [6, 6.07) is 9.28. The quantitative estimate of drug-likeness (QED) is 0.403. The summed E-state index contributed by atoms with van der Waals surface area (Å²) >= 11 is 5.95. The van der Waals surface area contributed by atoms with Crippen LogP contribution in [0.15, 0.2) is 46.4 Å². The van der Waals surface area contributed by atoms with Crippen LogP contribution in [0.2, 0.25) is 5.02 Å². The van der Waals surface area contributed by atoms with E-state index < -0.39 is 17.7 Å². The van der Waals surface area contributed by atoms with Gasteiger partial charge in [0, 0.05) is 23.6 Å². The molecule has 1 aromatic heterocycles. The topological polar surface area (TPSA) is 84.4 Å². The molecule has 3 heterocycles. The van der Waals surface area contributed by atoms with Crippen molar-refractivity contribution >= 4 is 29.1 Å². The Balaban J connectivity index is 1.64. The number of carbonyl (C=O) groups excluding carboxylic acids is 2. The van der Waals surface area contributed by atoms with Crippen LogP contribution >= 0.6 is 11.6 Å². The molecule has 2 N–H and O–H groups in total. The van der Waals surface area contributed by atoms with E-state index in [-0.39, 0.29) is 11.3 Å². The van der Waals surface area contributed by atoms with Crippen LogP contribution in [0.5, 0.6) is 0 Å². The molecule has 2 fully saturated rings. The number of nitrogens with one attached hydrogen (secondary N) is 1. The van der Waals surface area contributed by atoms with Crippen molar-refractivity contribution in [3.05, 3.63) is 64.1 Å². The van der Waals surface area contributed by atoms with E-state index in [1.54, 1.807) is 43.3 Å². The first kappa shape index (κ1) is 21.6. The molecule has 164 valence electrons. The lowest BCUT2D eigenvalue weighted by atomic mass is 9.99. The number of likely N-dealkylation sites (tertiary alicyclic amines) is 1. The van der Waals surface area contributed by atoms with Crippen LogP contribution in [-0.4, -0.2) is 61.1 Å². The van der Waals surface area contributed by atoms with Gasteiger partial charge in [-0.2, -0.15) is 0 Å². The Labute approximate surface area is 185 Å². The third-order valence-corrected chi connectivity index (χ3v) is 6.07. The van der Waals surface area contributed by atoms with Gasteiger partial charge in [-0.05, 0) is 43.3 Å². The normalized spacial score (nSPS) is 21.7. The number of nitrogens with zero attached hydrogens (tertiary/aromatic N) is 1. The lowest BCUT2D eigenvalue weighted by Crippen LogP contribution is -3.14. The number of aryl methyl sites for hydroxylation is 1. The number of carbonyl (C=O) groups is 2. The Hall–Kier alpha value is -2.61. The molecule has 1 aromatic carbocycles. The minimum atomic E-state index is -0.760. The first-order chi connectivity index (χ1) is 15.0. The third-order valence-electron chi connectivity index (χ3n) is 5.82. The van der Waals surface area contributed by atoms with Crippen LogP contribution < -0.4 is 4.90 Å². The van der Waals surface area contributed by atoms with E-state index in [4.69, 9.17) is 20.8 Å². The number of hydrogen-bond donors (Lipinski definition) is 2. The molecule has 0 saturated carbocycles. The van der Waals surface area contributed by atoms with Gasteiger partial charge in [0.15, 0.2) is 0 Å². The number of amides is 1. The molecule has 31 heavy (non-hydrogen) atoms. The highest BCUT2D eigenvalue weighted by molar-refractivity contribution is 6.46. The molecule has 4 rings (SSSR count). The third kappa shape index (κ3) is 4.54. The zero-order valence-electron chi connectivity index (χ0n) is 17.4. The number of aliphatic hydroxyl groups excluding tert-OH is 1. The van der Waals surface area contributed by atoms with Gasteiger partial charge in [-0.3, -0.25) is 9.59 Å². The minimum absolute atomic E-state index is 0.0420. The second-order valence-electron chi connectivity index (χ2n) is 7.91. The molecule has 1 atom stereocenters. The Morgan fingerprint density at radius 3 is 2.52 bits per heavy atom. The lowest BCUT2D eigenvalue weighted by Gasteiger charge is -2.26. The summed E-state index contributed by atoms with van der Waals surface area (Å²) in [5, 5.41) is 11.5. The zero-order chi connectivity index (χ0) is 22.0. The Kier molecular flexibility index (Phi) is 6.46. The van der Waals surface area contributed by atoms with Crippen molar-refractivity contribution in [3.63, 3.8) is 0 Å². The first-order valence-corrected chi connectivity index (χ1v) is 10.9. The fourth-order valence-corrected chi connectivity index (χ4v) is 4.31. The van der Waals surface area contributed by atoms with Gasteiger partial charge in [-0.15, -0.1) is 0 Å². The standard InChI is InChI=1S/C23H25ClN2O5/c1-15-3-8-18(31-15)20-19(21(27)16-4-6-17(24)7-5-16)22(28)23(29)26(20)10-2-9-25-11-13-30-14-12-25/h3-8,20,27H,2,9-14H2,1H3/p+1/t20-/m1/s1. The van der Waals surface area contributed by atoms with Gasteiger partial charge in [-0.1, -0.05) is 11.6 Å². The number of ether oxygens (including phenoxy) is 1. The van der Waals surface area contributed by atoms with Crippen molar-refractivity contribution in [2.45, 2.75) is 19.4 Å². The summed E-state index contributed by atoms with van der Waals surface area (Å²) < 4.78 is 11.2. The van der Waals surface area contributed by atoms with Crippen molar-refractivity contribution < 1.29 is 28.7 Å². The molecule has 0 radical (unpaired) electrons. The fourth-order valence-electron chi connectivity index (χ4n) is 4.18. The van der Waals surface area contributed by atoms with Crippen molar-refractivity contribution in [3.8, 4) is 0 Å². The number of morpholine rings is 1. The Morgan fingerprint density at radius 2 is 1.87 bits per heavy atom. The molecule has 0 spiro atoms. The van der Waals surface area contributed by atoms with Crippen LogP contribution in [0, 0.1) is 6.92 Å². The van der Waals surface area contributed by atoms with Crippen LogP contribution in [0.3, 0.4) is 0 Å². The average molecular weight is 446 g/mol. The molecule has 2 saturated heterocycles. The highest BCUT2D eigenvalue weighted by Crippen LogP contribution is 2.40. The number of ketones is 1. The number of halogens is 1. The first-order valence-electron chi connectivity index (χ1n) is 10.5. The SMILES string of the molecule is Cc1ccc([C@@H]2C(=C(O)c3ccc(Cl)cc3)C(=O)C(=O)N2CCC[NH+]2CCOCC2)o1. The molecule has 0 aliphatic carbocycles. The Morgan fingerprint density at radius 1 is 1.16 bits per heavy atom. The van der Waals surface area contributed by atoms with E-state index in [9.17, 15) is 14.7 Å². The predicted molar refractivity (Wildman–Crippen MR) is 115 cm³/mol. The molecule has 8 heteroatoms. The highest BCUT2D eigenvalue weighted by atomic mass is 35.5. The molecular weight excluding hydrogens is 420 g/mol. The van der Waals surface area contributed by atoms with Gasteiger partial charge in [0.2, 0.25) is 0 Å². The van der Waals surface area contributed by atoms with E-state index in [1.807, 2.05) is 0 Å². The highest BCUT2D eigenvalue weighted by Gasteiger charge is 2.47. The van der Waals surface area contributed by atoms with E-state index in [1.165, 1.54) is 9.80 Å². The van der Waals surface area contributed by atoms with Gasteiger partial charge in [0.1, 0.15) is 36.4 Å². The summed E-state index contributed by atoms with van der Waals surface area (Å²) in [6.45, 7) is 6.45. The van der Waals surface area contributed by atoms with Crippen molar-refractivity contribution in [2.75, 3.05) is 39.4 Å². The smallest absolute Gasteiger partial charge is 0.295 e. The predicted octanol–water partition coefficient (Wildman–Crippen LogP) is 1.97. The average Bonchev–Trinajstić information content (AvgIpc) is 3.30. The van der Waals surface area contributed by atoms with Crippen LogP contribution in [0.25, 0.3) is 5.76 Å². The number of benzene rings is 1. The van der Waals surface area contributed by atoms with Crippen molar-refractivity contribution in [2.24, 2.45) is 0 Å². The summed E-state index contributed by atoms with van der Waals surface area (Å²) in [5.41, 5.74) is 0.467. The maximum Gasteiger partial charge on any atom is 0.295 e. The van der Waals surface area contributed by atoms with Crippen LogP contribution in [-0.2, 0) is 14.3 Å². The monoisotopic (exact) mass is 445 g/mol. The number of Topliss-reactive ketones (excluding diaryl/α,β-unsaturated/α-hetero) is 1. The number of quaternary nitrogens is 1. The number of hydrogen-bond acceptors (Lipinski definition) is 5. The Bertz CT molecular complexity index is 992. The number of aliphatic hydroxyl groups is 1. The van der Waals surface area contributed by atoms with E-state index in [0.717, 1.165) is 39.3 Å². The molecule has 0 unspecified atom stereocenters. The minimum Gasteiger partial charge on any atom is -0.507 e. The summed E-state index contributed by atoms with van der Waals surface area (Å²) in [5.74, 6) is -0.414. The van der Waals surface area contributed by atoms with Gasteiger partial charge in [0.05, 0.1) is 25.3 Å². The van der Waals surface area contributed by atoms with E-state index in [2.05, 4.69) is 0 Å². The van der Waals surface area contributed by atoms with Crippen molar-refractivity contribution in [1.82, 2.24) is 4.90 Å². The summed E-state index contributed by atoms with van der Waals surface area (Å²) in [4.78, 5) is 28.8. The van der Waals surface area contributed by atoms with Crippen molar-refractivity contribution in [1.29, 1.82) is 0 Å². The van der Waals surface area contributed by atoms with Gasteiger partial charge in [-0.25, -0.2) is 0 Å². The number of furan rings is 1. The maximum atomic E-state index is 13.0. The lowest BCUT2D eigenvalue weighted by molar-refractivity contribution is -0.908. The number of rotatable bonds is 6. The van der Waals surface area contributed by atoms with Gasteiger partial charge < -0.3 is 24.1 Å². The molecule has 2 aromatic rings. The fraction of sp³-hybridized carbons (Fsp3) is 0.391. The van der Waals surface area contributed by atoms with E-state index >= 15 is 0 Å². The van der Waals surface area contributed by atoms with Crippen LogP contribution in [0.1, 0.15) is 29.5 Å². The molecule has 2 aliphatic rings. The second kappa shape index (κ2) is 9.26. The largest absolute Gasteiger partial charge is 0.507 e. The van der Waals surface area contributed by atoms with Gasteiger partial charge >= 0.3 is 0 Å². The maximum absolute atomic E-state index is 13.0. The molecule has 1 amide bonds. The zero-order valence-corrected chi connectivity index (χ0v) is 18.2. The summed E-state index contributed by atoms with van der Waals surface area (Å²) in [6.07, 6.45) is 0.736. The summed E-state index contributed by atoms with van der Waals surface area (Å²) in [7, 11) is 0. The van der Waals surface area contributed by atoms with Crippen LogP contribution in [0.4, 0.5) is 0 Å². The molecule has 0 bridgehead atoms. The second-order valence-corrected chi connectivity index (χ2v) is 8.35. The van der Waals surface area contributed by atoms with Gasteiger partial charge in [0.25, 0.3) is 11.7 Å². The molecule has 7 nitrogen and oxygen atoms in total. The van der Waals surface area contributed by atoms with E-state index in [0.29, 0.717) is 28.7 Å². The molecule has 2 aliphatic heterocycles.